The molecule has 2 aromatic carbocycles. The molecule has 1 saturated heterocycles. The van der Waals surface area contributed by atoms with Crippen molar-refractivity contribution in [3.63, 3.8) is 0 Å². The number of aromatic nitrogens is 2. The summed E-state index contributed by atoms with van der Waals surface area (Å²) in [5.74, 6) is -0.0432. The molecule has 10 heteroatoms. The summed E-state index contributed by atoms with van der Waals surface area (Å²) in [6, 6.07) is 9.27. The molecule has 0 radical (unpaired) electrons. The van der Waals surface area contributed by atoms with Gasteiger partial charge in [0.25, 0.3) is 0 Å². The summed E-state index contributed by atoms with van der Waals surface area (Å²) in [6.07, 6.45) is 1.39. The van der Waals surface area contributed by atoms with Crippen LogP contribution in [-0.4, -0.2) is 41.9 Å². The molecule has 3 aromatic rings. The Kier molecular flexibility index (Phi) is 6.81. The fraction of sp³-hybridized carbons (Fsp3) is 0.375. The number of benzene rings is 2. The van der Waals surface area contributed by atoms with E-state index in [1.165, 1.54) is 22.5 Å². The van der Waals surface area contributed by atoms with Gasteiger partial charge in [0, 0.05) is 36.7 Å². The van der Waals surface area contributed by atoms with Gasteiger partial charge < -0.3 is 9.84 Å². The van der Waals surface area contributed by atoms with Gasteiger partial charge in [0.15, 0.2) is 0 Å². The number of nitrogens with zero attached hydrogens (tertiary/aromatic N) is 3. The van der Waals surface area contributed by atoms with Crippen molar-refractivity contribution in [2.45, 2.75) is 44.9 Å². The number of aryl methyl sites for hydroxylation is 3. The van der Waals surface area contributed by atoms with Crippen LogP contribution in [0.4, 0.5) is 10.1 Å². The fourth-order valence-electron chi connectivity index (χ4n) is 4.03. The van der Waals surface area contributed by atoms with Crippen LogP contribution in [0.3, 0.4) is 0 Å². The van der Waals surface area contributed by atoms with E-state index in [0.717, 1.165) is 0 Å². The molecule has 34 heavy (non-hydrogen) atoms. The first kappa shape index (κ1) is 24.0. The fourth-order valence-corrected chi connectivity index (χ4v) is 5.75. The largest absolute Gasteiger partial charge is 0.339 e. The molecular weight excluding hydrogens is 459 g/mol. The SMILES string of the molecule is CCc1nc(-c2ccc(C)c(S(=O)(=O)N3CCC(C(=O)Nc4ccc(F)cc4C)CC3)c2)no1. The second-order valence-corrected chi connectivity index (χ2v) is 10.4. The molecule has 4 rings (SSSR count). The number of anilines is 1. The average Bonchev–Trinajstić information content (AvgIpc) is 3.30. The average molecular weight is 487 g/mol. The molecule has 1 fully saturated rings. The van der Waals surface area contributed by atoms with Crippen LogP contribution in [0, 0.1) is 25.6 Å². The number of hydrogen-bond acceptors (Lipinski definition) is 6. The zero-order valence-electron chi connectivity index (χ0n) is 19.3. The molecule has 1 aliphatic heterocycles. The highest BCUT2D eigenvalue weighted by atomic mass is 32.2. The minimum absolute atomic E-state index is 0.186. The zero-order valence-corrected chi connectivity index (χ0v) is 20.2. The number of amides is 1. The van der Waals surface area contributed by atoms with E-state index in [-0.39, 0.29) is 35.6 Å². The first-order valence-corrected chi connectivity index (χ1v) is 12.6. The Morgan fingerprint density at radius 1 is 1.15 bits per heavy atom. The lowest BCUT2D eigenvalue weighted by molar-refractivity contribution is -0.120. The lowest BCUT2D eigenvalue weighted by atomic mass is 9.97. The minimum Gasteiger partial charge on any atom is -0.339 e. The third kappa shape index (κ3) is 4.88. The van der Waals surface area contributed by atoms with Gasteiger partial charge in [0.05, 0.1) is 4.90 Å². The first-order chi connectivity index (χ1) is 16.2. The summed E-state index contributed by atoms with van der Waals surface area (Å²) in [4.78, 5) is 17.2. The lowest BCUT2D eigenvalue weighted by Gasteiger charge is -2.31. The molecule has 0 spiro atoms. The summed E-state index contributed by atoms with van der Waals surface area (Å²) >= 11 is 0. The Balaban J connectivity index is 1.46. The second kappa shape index (κ2) is 9.63. The Bertz CT molecular complexity index is 1310. The summed E-state index contributed by atoms with van der Waals surface area (Å²) in [5, 5.41) is 6.78. The highest BCUT2D eigenvalue weighted by Crippen LogP contribution is 2.29. The summed E-state index contributed by atoms with van der Waals surface area (Å²) in [7, 11) is -3.77. The van der Waals surface area contributed by atoms with Gasteiger partial charge in [0.1, 0.15) is 5.82 Å². The third-order valence-electron chi connectivity index (χ3n) is 6.11. The Morgan fingerprint density at radius 2 is 1.88 bits per heavy atom. The van der Waals surface area contributed by atoms with Gasteiger partial charge in [-0.2, -0.15) is 9.29 Å². The maximum atomic E-state index is 13.4. The lowest BCUT2D eigenvalue weighted by Crippen LogP contribution is -2.41. The van der Waals surface area contributed by atoms with E-state index in [4.69, 9.17) is 4.52 Å². The standard InChI is InChI=1S/C24H27FN4O4S/c1-4-22-27-23(28-33-22)18-6-5-15(2)21(14-18)34(31,32)29-11-9-17(10-12-29)24(30)26-20-8-7-19(25)13-16(20)3/h5-8,13-14,17H,4,9-12H2,1-3H3,(H,26,30). The molecule has 0 saturated carbocycles. The number of rotatable bonds is 6. The zero-order chi connectivity index (χ0) is 24.5. The van der Waals surface area contributed by atoms with Crippen LogP contribution in [0.15, 0.2) is 45.8 Å². The maximum absolute atomic E-state index is 13.4. The maximum Gasteiger partial charge on any atom is 0.243 e. The molecule has 0 aliphatic carbocycles. The van der Waals surface area contributed by atoms with E-state index in [2.05, 4.69) is 15.5 Å². The van der Waals surface area contributed by atoms with Crippen LogP contribution >= 0.6 is 0 Å². The van der Waals surface area contributed by atoms with Crippen molar-refractivity contribution < 1.29 is 22.1 Å². The molecule has 2 heterocycles. The van der Waals surface area contributed by atoms with Crippen molar-refractivity contribution in [2.75, 3.05) is 18.4 Å². The van der Waals surface area contributed by atoms with Crippen LogP contribution in [-0.2, 0) is 21.2 Å². The van der Waals surface area contributed by atoms with Crippen LogP contribution < -0.4 is 5.32 Å². The van der Waals surface area contributed by atoms with Crippen LogP contribution in [0.25, 0.3) is 11.4 Å². The third-order valence-corrected chi connectivity index (χ3v) is 8.15. The van der Waals surface area contributed by atoms with Gasteiger partial charge in [-0.1, -0.05) is 24.2 Å². The molecule has 1 amide bonds. The van der Waals surface area contributed by atoms with E-state index in [9.17, 15) is 17.6 Å². The number of carbonyl (C=O) groups excluding carboxylic acids is 1. The first-order valence-electron chi connectivity index (χ1n) is 11.2. The van der Waals surface area contributed by atoms with Gasteiger partial charge in [-0.15, -0.1) is 0 Å². The van der Waals surface area contributed by atoms with Crippen molar-refractivity contribution in [1.29, 1.82) is 0 Å². The highest BCUT2D eigenvalue weighted by molar-refractivity contribution is 7.89. The molecule has 8 nitrogen and oxygen atoms in total. The minimum atomic E-state index is -3.77. The summed E-state index contributed by atoms with van der Waals surface area (Å²) in [6.45, 7) is 5.83. The van der Waals surface area contributed by atoms with Crippen molar-refractivity contribution in [2.24, 2.45) is 5.92 Å². The van der Waals surface area contributed by atoms with E-state index in [1.54, 1.807) is 32.0 Å². The van der Waals surface area contributed by atoms with Gasteiger partial charge in [0.2, 0.25) is 27.6 Å². The Morgan fingerprint density at radius 3 is 2.53 bits per heavy atom. The van der Waals surface area contributed by atoms with Gasteiger partial charge in [-0.3, -0.25) is 4.79 Å². The van der Waals surface area contributed by atoms with Crippen LogP contribution in [0.2, 0.25) is 0 Å². The smallest absolute Gasteiger partial charge is 0.243 e. The molecule has 0 unspecified atom stereocenters. The van der Waals surface area contributed by atoms with Gasteiger partial charge in [-0.25, -0.2) is 12.8 Å². The Labute approximate surface area is 198 Å². The number of nitrogens with one attached hydrogen (secondary N) is 1. The predicted octanol–water partition coefficient (Wildman–Crippen LogP) is 4.09. The summed E-state index contributed by atoms with van der Waals surface area (Å²) in [5.41, 5.74) is 2.38. The van der Waals surface area contributed by atoms with Gasteiger partial charge >= 0.3 is 0 Å². The molecule has 1 aliphatic rings. The predicted molar refractivity (Wildman–Crippen MR) is 125 cm³/mol. The van der Waals surface area contributed by atoms with E-state index >= 15 is 0 Å². The number of halogens is 1. The second-order valence-electron chi connectivity index (χ2n) is 8.47. The number of carbonyl (C=O) groups is 1. The van der Waals surface area contributed by atoms with Crippen molar-refractivity contribution in [3.05, 3.63) is 59.2 Å². The van der Waals surface area contributed by atoms with Crippen LogP contribution in [0.1, 0.15) is 36.8 Å². The van der Waals surface area contributed by atoms with Crippen LogP contribution in [0.5, 0.6) is 0 Å². The Hall–Kier alpha value is -3.11. The highest BCUT2D eigenvalue weighted by Gasteiger charge is 2.33. The molecular formula is C24H27FN4O4S. The topological polar surface area (TPSA) is 105 Å². The van der Waals surface area contributed by atoms with E-state index in [0.29, 0.717) is 53.4 Å². The van der Waals surface area contributed by atoms with E-state index < -0.39 is 10.0 Å². The molecule has 1 N–H and O–H groups in total. The molecule has 0 bridgehead atoms. The molecule has 0 atom stereocenters. The van der Waals surface area contributed by atoms with Crippen molar-refractivity contribution in [3.8, 4) is 11.4 Å². The van der Waals surface area contributed by atoms with Crippen molar-refractivity contribution in [1.82, 2.24) is 14.4 Å². The monoisotopic (exact) mass is 486 g/mol. The number of hydrogen-bond donors (Lipinski definition) is 1. The molecule has 1 aromatic heterocycles. The summed E-state index contributed by atoms with van der Waals surface area (Å²) < 4.78 is 46.7. The van der Waals surface area contributed by atoms with E-state index in [1.807, 2.05) is 6.92 Å². The normalized spacial score (nSPS) is 15.4. The molecule has 180 valence electrons. The van der Waals surface area contributed by atoms with Gasteiger partial charge in [-0.05, 0) is 62.1 Å². The number of sulfonamides is 1. The number of piperidine rings is 1. The quantitative estimate of drug-likeness (QED) is 0.563. The van der Waals surface area contributed by atoms with Crippen molar-refractivity contribution >= 4 is 21.6 Å².